The maximum atomic E-state index is 6.22. The predicted molar refractivity (Wildman–Crippen MR) is 73.2 cm³/mol. The first-order valence-corrected chi connectivity index (χ1v) is 5.98. The van der Waals surface area contributed by atoms with Crippen LogP contribution in [0.2, 0.25) is 10.0 Å². The Bertz CT molecular complexity index is 530. The molecular formula is C14H12Cl2O. The molecule has 0 saturated carbocycles. The Hall–Kier alpha value is -1.18. The molecule has 0 atom stereocenters. The van der Waals surface area contributed by atoms with Crippen molar-refractivity contribution in [3.8, 4) is 16.9 Å². The molecule has 0 aliphatic rings. The number of methoxy groups -OCH3 is 1. The fourth-order valence-corrected chi connectivity index (χ4v) is 2.41. The molecule has 0 radical (unpaired) electrons. The lowest BCUT2D eigenvalue weighted by molar-refractivity contribution is 0.415. The number of hydrogen-bond acceptors (Lipinski definition) is 1. The van der Waals surface area contributed by atoms with Gasteiger partial charge >= 0.3 is 0 Å². The van der Waals surface area contributed by atoms with E-state index in [0.29, 0.717) is 10.8 Å². The van der Waals surface area contributed by atoms with Crippen LogP contribution in [0.4, 0.5) is 0 Å². The number of aryl methyl sites for hydroxylation is 1. The van der Waals surface area contributed by atoms with E-state index in [2.05, 4.69) is 0 Å². The molecule has 2 rings (SSSR count). The molecule has 0 aromatic heterocycles. The molecule has 0 spiro atoms. The number of benzene rings is 2. The van der Waals surface area contributed by atoms with Crippen molar-refractivity contribution in [2.75, 3.05) is 7.11 Å². The van der Waals surface area contributed by atoms with Crippen LogP contribution in [0.15, 0.2) is 36.4 Å². The van der Waals surface area contributed by atoms with E-state index in [1.54, 1.807) is 7.11 Å². The minimum atomic E-state index is 0.587. The van der Waals surface area contributed by atoms with Crippen molar-refractivity contribution in [2.24, 2.45) is 0 Å². The third kappa shape index (κ3) is 2.41. The summed E-state index contributed by atoms with van der Waals surface area (Å²) in [5.41, 5.74) is 3.14. The molecule has 0 unspecified atom stereocenters. The van der Waals surface area contributed by atoms with Crippen molar-refractivity contribution in [2.45, 2.75) is 6.92 Å². The quantitative estimate of drug-likeness (QED) is 0.745. The molecular weight excluding hydrogens is 255 g/mol. The van der Waals surface area contributed by atoms with Gasteiger partial charge in [0.25, 0.3) is 0 Å². The van der Waals surface area contributed by atoms with E-state index in [1.165, 1.54) is 0 Å². The molecule has 2 aromatic rings. The highest BCUT2D eigenvalue weighted by Crippen LogP contribution is 2.35. The molecule has 0 fully saturated rings. The molecule has 0 saturated heterocycles. The fraction of sp³-hybridized carbons (Fsp3) is 0.143. The maximum absolute atomic E-state index is 6.22. The van der Waals surface area contributed by atoms with Gasteiger partial charge in [-0.05, 0) is 36.2 Å². The van der Waals surface area contributed by atoms with Gasteiger partial charge in [0.15, 0.2) is 0 Å². The Morgan fingerprint density at radius 1 is 1.00 bits per heavy atom. The van der Waals surface area contributed by atoms with Gasteiger partial charge in [-0.1, -0.05) is 41.4 Å². The fourth-order valence-electron chi connectivity index (χ4n) is 1.82. The van der Waals surface area contributed by atoms with Crippen molar-refractivity contribution in [1.29, 1.82) is 0 Å². The van der Waals surface area contributed by atoms with Crippen LogP contribution in [0.1, 0.15) is 5.56 Å². The highest BCUT2D eigenvalue weighted by molar-refractivity contribution is 6.34. The zero-order valence-electron chi connectivity index (χ0n) is 9.63. The zero-order chi connectivity index (χ0) is 12.4. The second-order valence-corrected chi connectivity index (χ2v) is 4.60. The molecule has 2 aromatic carbocycles. The van der Waals surface area contributed by atoms with Gasteiger partial charge in [-0.25, -0.2) is 0 Å². The summed E-state index contributed by atoms with van der Waals surface area (Å²) in [7, 11) is 1.60. The van der Waals surface area contributed by atoms with Gasteiger partial charge in [-0.3, -0.25) is 0 Å². The molecule has 0 aliphatic heterocycles. The average molecular weight is 267 g/mol. The second-order valence-electron chi connectivity index (χ2n) is 3.78. The van der Waals surface area contributed by atoms with E-state index in [0.717, 1.165) is 21.7 Å². The lowest BCUT2D eigenvalue weighted by atomic mass is 10.0. The van der Waals surface area contributed by atoms with Crippen LogP contribution in [0, 0.1) is 6.92 Å². The summed E-state index contributed by atoms with van der Waals surface area (Å²) in [4.78, 5) is 0. The largest absolute Gasteiger partial charge is 0.495 e. The van der Waals surface area contributed by atoms with E-state index < -0.39 is 0 Å². The average Bonchev–Trinajstić information content (AvgIpc) is 2.29. The zero-order valence-corrected chi connectivity index (χ0v) is 11.1. The van der Waals surface area contributed by atoms with Gasteiger partial charge in [0, 0.05) is 10.6 Å². The van der Waals surface area contributed by atoms with Crippen molar-refractivity contribution in [3.63, 3.8) is 0 Å². The number of halogens is 2. The molecule has 0 bridgehead atoms. The minimum absolute atomic E-state index is 0.587. The Morgan fingerprint density at radius 2 is 1.76 bits per heavy atom. The summed E-state index contributed by atoms with van der Waals surface area (Å²) in [6, 6.07) is 11.5. The first kappa shape index (κ1) is 12.3. The Morgan fingerprint density at radius 3 is 2.35 bits per heavy atom. The van der Waals surface area contributed by atoms with Gasteiger partial charge in [0.05, 0.1) is 12.1 Å². The lowest BCUT2D eigenvalue weighted by Crippen LogP contribution is -1.87. The van der Waals surface area contributed by atoms with Crippen LogP contribution < -0.4 is 4.74 Å². The summed E-state index contributed by atoms with van der Waals surface area (Å²) in [6.07, 6.45) is 0. The smallest absolute Gasteiger partial charge is 0.137 e. The molecule has 17 heavy (non-hydrogen) atoms. The number of hydrogen-bond donors (Lipinski definition) is 0. The van der Waals surface area contributed by atoms with Gasteiger partial charge in [0.2, 0.25) is 0 Å². The molecule has 0 heterocycles. The molecule has 0 aliphatic carbocycles. The first-order valence-electron chi connectivity index (χ1n) is 5.22. The third-order valence-electron chi connectivity index (χ3n) is 2.66. The van der Waals surface area contributed by atoms with E-state index in [9.17, 15) is 0 Å². The lowest BCUT2D eigenvalue weighted by Gasteiger charge is -2.10. The Kier molecular flexibility index (Phi) is 3.60. The van der Waals surface area contributed by atoms with Crippen molar-refractivity contribution >= 4 is 23.2 Å². The van der Waals surface area contributed by atoms with Crippen LogP contribution >= 0.6 is 23.2 Å². The Labute approximate surface area is 111 Å². The SMILES string of the molecule is COc1ccc(-c2c(C)cccc2Cl)cc1Cl. The summed E-state index contributed by atoms with van der Waals surface area (Å²) in [6.45, 7) is 2.03. The van der Waals surface area contributed by atoms with Crippen molar-refractivity contribution in [1.82, 2.24) is 0 Å². The van der Waals surface area contributed by atoms with Gasteiger partial charge < -0.3 is 4.74 Å². The summed E-state index contributed by atoms with van der Waals surface area (Å²) in [5.74, 6) is 0.667. The minimum Gasteiger partial charge on any atom is -0.495 e. The van der Waals surface area contributed by atoms with E-state index in [4.69, 9.17) is 27.9 Å². The number of rotatable bonds is 2. The monoisotopic (exact) mass is 266 g/mol. The van der Waals surface area contributed by atoms with E-state index >= 15 is 0 Å². The normalized spacial score (nSPS) is 10.4. The van der Waals surface area contributed by atoms with Crippen LogP contribution in [0.25, 0.3) is 11.1 Å². The second kappa shape index (κ2) is 4.99. The van der Waals surface area contributed by atoms with Crippen LogP contribution in [0.5, 0.6) is 5.75 Å². The molecule has 1 nitrogen and oxygen atoms in total. The first-order chi connectivity index (χ1) is 8.13. The third-order valence-corrected chi connectivity index (χ3v) is 3.27. The molecule has 3 heteroatoms. The molecule has 0 N–H and O–H groups in total. The van der Waals surface area contributed by atoms with Crippen molar-refractivity contribution < 1.29 is 4.74 Å². The van der Waals surface area contributed by atoms with Crippen LogP contribution in [-0.2, 0) is 0 Å². The standard InChI is InChI=1S/C14H12Cl2O/c1-9-4-3-5-11(15)14(9)10-6-7-13(17-2)12(16)8-10/h3-8H,1-2H3. The number of ether oxygens (including phenoxy) is 1. The van der Waals surface area contributed by atoms with E-state index in [1.807, 2.05) is 43.3 Å². The maximum Gasteiger partial charge on any atom is 0.137 e. The van der Waals surface area contributed by atoms with Crippen molar-refractivity contribution in [3.05, 3.63) is 52.0 Å². The summed E-state index contributed by atoms with van der Waals surface area (Å²) in [5, 5.41) is 1.32. The molecule has 88 valence electrons. The summed E-state index contributed by atoms with van der Waals surface area (Å²) >= 11 is 12.3. The topological polar surface area (TPSA) is 9.23 Å². The Balaban J connectivity index is 2.57. The summed E-state index contributed by atoms with van der Waals surface area (Å²) < 4.78 is 5.13. The van der Waals surface area contributed by atoms with E-state index in [-0.39, 0.29) is 0 Å². The van der Waals surface area contributed by atoms with Gasteiger partial charge in [-0.2, -0.15) is 0 Å². The van der Waals surface area contributed by atoms with Crippen LogP contribution in [-0.4, -0.2) is 7.11 Å². The highest BCUT2D eigenvalue weighted by atomic mass is 35.5. The van der Waals surface area contributed by atoms with Crippen LogP contribution in [0.3, 0.4) is 0 Å². The highest BCUT2D eigenvalue weighted by Gasteiger charge is 2.09. The van der Waals surface area contributed by atoms with Gasteiger partial charge in [0.1, 0.15) is 5.75 Å². The molecule has 0 amide bonds. The predicted octanol–water partition coefficient (Wildman–Crippen LogP) is 4.98. The van der Waals surface area contributed by atoms with Gasteiger partial charge in [-0.15, -0.1) is 0 Å².